The predicted molar refractivity (Wildman–Crippen MR) is 96.4 cm³/mol. The minimum Gasteiger partial charge on any atom is -0.497 e. The van der Waals surface area contributed by atoms with Crippen molar-refractivity contribution >= 4 is 11.8 Å². The van der Waals surface area contributed by atoms with Crippen molar-refractivity contribution in [1.29, 1.82) is 0 Å². The van der Waals surface area contributed by atoms with Gasteiger partial charge in [0.2, 0.25) is 5.78 Å². The number of carbonyl (C=O) groups excluding carboxylic acids is 2. The van der Waals surface area contributed by atoms with Crippen LogP contribution in [0.25, 0.3) is 0 Å². The van der Waals surface area contributed by atoms with Crippen LogP contribution in [0.4, 0.5) is 8.78 Å². The predicted octanol–water partition coefficient (Wildman–Crippen LogP) is 4.12. The average Bonchev–Trinajstić information content (AvgIpc) is 2.68. The number of hydrogen-bond acceptors (Lipinski definition) is 6. The van der Waals surface area contributed by atoms with Gasteiger partial charge in [-0.2, -0.15) is 8.78 Å². The molecule has 0 saturated heterocycles. The van der Waals surface area contributed by atoms with E-state index in [2.05, 4.69) is 4.74 Å². The van der Waals surface area contributed by atoms with Crippen LogP contribution in [0.2, 0.25) is 0 Å². The van der Waals surface area contributed by atoms with Crippen LogP contribution in [0.1, 0.15) is 34.6 Å². The Bertz CT molecular complexity index is 820. The number of benzene rings is 2. The van der Waals surface area contributed by atoms with E-state index in [0.717, 1.165) is 0 Å². The number of halogens is 2. The molecule has 0 radical (unpaired) electrons. The molecular formula is C20H20F2O6. The zero-order valence-electron chi connectivity index (χ0n) is 15.6. The molecule has 0 heterocycles. The maximum absolute atomic E-state index is 12.5. The number of esters is 1. The molecule has 0 amide bonds. The first-order valence-electron chi connectivity index (χ1n) is 8.46. The molecular weight excluding hydrogens is 374 g/mol. The number of carbonyl (C=O) groups is 2. The van der Waals surface area contributed by atoms with Crippen molar-refractivity contribution in [2.75, 3.05) is 13.7 Å². The lowest BCUT2D eigenvalue weighted by molar-refractivity contribution is -0.0514. The Hall–Kier alpha value is -3.16. The highest BCUT2D eigenvalue weighted by Crippen LogP contribution is 2.30. The SMILES string of the molecule is CCOc1cc(C(=O)O[C@@H](C)C(=O)c2ccc(OC)cc2)ccc1OC(F)F. The summed E-state index contributed by atoms with van der Waals surface area (Å²) < 4.78 is 44.7. The van der Waals surface area contributed by atoms with Gasteiger partial charge < -0.3 is 18.9 Å². The summed E-state index contributed by atoms with van der Waals surface area (Å²) in [5.74, 6) is -0.810. The van der Waals surface area contributed by atoms with E-state index in [0.29, 0.717) is 11.3 Å². The standard InChI is InChI=1S/C20H20F2O6/c1-4-26-17-11-14(7-10-16(17)28-20(21)22)19(24)27-12(2)18(23)13-5-8-15(25-3)9-6-13/h5-12,20H,4H2,1-3H3/t12-/m0/s1. The third-order valence-corrected chi connectivity index (χ3v) is 3.72. The van der Waals surface area contributed by atoms with Crippen LogP contribution >= 0.6 is 0 Å². The monoisotopic (exact) mass is 394 g/mol. The highest BCUT2D eigenvalue weighted by Gasteiger charge is 2.22. The Morgan fingerprint density at radius 3 is 2.21 bits per heavy atom. The molecule has 2 aromatic rings. The molecule has 0 bridgehead atoms. The van der Waals surface area contributed by atoms with Gasteiger partial charge in [-0.3, -0.25) is 4.79 Å². The summed E-state index contributed by atoms with van der Waals surface area (Å²) in [7, 11) is 1.51. The fourth-order valence-electron chi connectivity index (χ4n) is 2.37. The van der Waals surface area contributed by atoms with E-state index in [1.807, 2.05) is 0 Å². The number of ether oxygens (including phenoxy) is 4. The van der Waals surface area contributed by atoms with Gasteiger partial charge in [0.15, 0.2) is 17.6 Å². The van der Waals surface area contributed by atoms with Crippen LogP contribution in [0, 0.1) is 0 Å². The third kappa shape index (κ3) is 5.42. The quantitative estimate of drug-likeness (QED) is 0.471. The molecule has 0 aliphatic rings. The van der Waals surface area contributed by atoms with Crippen molar-refractivity contribution in [2.45, 2.75) is 26.6 Å². The molecule has 0 spiro atoms. The largest absolute Gasteiger partial charge is 0.497 e. The number of hydrogen-bond donors (Lipinski definition) is 0. The fraction of sp³-hybridized carbons (Fsp3) is 0.300. The van der Waals surface area contributed by atoms with Crippen LogP contribution in [-0.4, -0.2) is 38.2 Å². The van der Waals surface area contributed by atoms with Gasteiger partial charge in [-0.05, 0) is 56.3 Å². The maximum Gasteiger partial charge on any atom is 0.387 e. The van der Waals surface area contributed by atoms with Crippen LogP contribution in [0.3, 0.4) is 0 Å². The van der Waals surface area contributed by atoms with Crippen LogP contribution in [-0.2, 0) is 4.74 Å². The third-order valence-electron chi connectivity index (χ3n) is 3.72. The van der Waals surface area contributed by atoms with Gasteiger partial charge >= 0.3 is 12.6 Å². The minimum atomic E-state index is -3.03. The van der Waals surface area contributed by atoms with Gasteiger partial charge in [0, 0.05) is 5.56 Å². The van der Waals surface area contributed by atoms with E-state index in [1.165, 1.54) is 32.2 Å². The molecule has 0 saturated carbocycles. The van der Waals surface area contributed by atoms with Crippen molar-refractivity contribution in [3.05, 3.63) is 53.6 Å². The van der Waals surface area contributed by atoms with Gasteiger partial charge in [-0.25, -0.2) is 4.79 Å². The minimum absolute atomic E-state index is 0.0219. The summed E-state index contributed by atoms with van der Waals surface area (Å²) in [6.07, 6.45) is -1.05. The molecule has 0 unspecified atom stereocenters. The zero-order chi connectivity index (χ0) is 20.7. The van der Waals surface area contributed by atoms with E-state index in [4.69, 9.17) is 14.2 Å². The second kappa shape index (κ2) is 9.68. The maximum atomic E-state index is 12.5. The molecule has 6 nitrogen and oxygen atoms in total. The Morgan fingerprint density at radius 1 is 1.00 bits per heavy atom. The second-order valence-electron chi connectivity index (χ2n) is 5.61. The zero-order valence-corrected chi connectivity index (χ0v) is 15.6. The number of alkyl halides is 2. The lowest BCUT2D eigenvalue weighted by Crippen LogP contribution is -2.24. The summed E-state index contributed by atoms with van der Waals surface area (Å²) in [5, 5.41) is 0. The second-order valence-corrected chi connectivity index (χ2v) is 5.61. The summed E-state index contributed by atoms with van der Waals surface area (Å²) >= 11 is 0. The smallest absolute Gasteiger partial charge is 0.387 e. The molecule has 0 aliphatic carbocycles. The first kappa shape index (κ1) is 21.1. The van der Waals surface area contributed by atoms with E-state index < -0.39 is 24.5 Å². The van der Waals surface area contributed by atoms with Gasteiger partial charge in [0.05, 0.1) is 19.3 Å². The lowest BCUT2D eigenvalue weighted by atomic mass is 10.1. The van der Waals surface area contributed by atoms with E-state index in [1.54, 1.807) is 31.2 Å². The fourth-order valence-corrected chi connectivity index (χ4v) is 2.37. The highest BCUT2D eigenvalue weighted by atomic mass is 19.3. The van der Waals surface area contributed by atoms with Crippen LogP contribution < -0.4 is 14.2 Å². The van der Waals surface area contributed by atoms with E-state index in [9.17, 15) is 18.4 Å². The summed E-state index contributed by atoms with van der Waals surface area (Å²) in [5.41, 5.74) is 0.399. The summed E-state index contributed by atoms with van der Waals surface area (Å²) in [6.45, 7) is 0.263. The number of ketones is 1. The molecule has 0 fully saturated rings. The average molecular weight is 394 g/mol. The van der Waals surface area contributed by atoms with Gasteiger partial charge in [0.25, 0.3) is 0 Å². The van der Waals surface area contributed by atoms with Gasteiger partial charge in [0.1, 0.15) is 5.75 Å². The molecule has 8 heteroatoms. The molecule has 0 aliphatic heterocycles. The molecule has 0 aromatic heterocycles. The van der Waals surface area contributed by atoms with Gasteiger partial charge in [-0.1, -0.05) is 0 Å². The van der Waals surface area contributed by atoms with Crippen molar-refractivity contribution in [1.82, 2.24) is 0 Å². The first-order chi connectivity index (χ1) is 13.3. The Kier molecular flexibility index (Phi) is 7.31. The molecule has 150 valence electrons. The number of rotatable bonds is 9. The molecule has 28 heavy (non-hydrogen) atoms. The normalized spacial score (nSPS) is 11.6. The molecule has 1 atom stereocenters. The van der Waals surface area contributed by atoms with Gasteiger partial charge in [-0.15, -0.1) is 0 Å². The van der Waals surface area contributed by atoms with Crippen molar-refractivity contribution < 1.29 is 37.3 Å². The summed E-state index contributed by atoms with van der Waals surface area (Å²) in [4.78, 5) is 24.8. The molecule has 2 rings (SSSR count). The van der Waals surface area contributed by atoms with Crippen molar-refractivity contribution in [2.24, 2.45) is 0 Å². The first-order valence-corrected chi connectivity index (χ1v) is 8.46. The van der Waals surface area contributed by atoms with Crippen LogP contribution in [0.15, 0.2) is 42.5 Å². The van der Waals surface area contributed by atoms with Crippen molar-refractivity contribution in [3.8, 4) is 17.2 Å². The Morgan fingerprint density at radius 2 is 1.64 bits per heavy atom. The van der Waals surface area contributed by atoms with E-state index >= 15 is 0 Å². The van der Waals surface area contributed by atoms with Crippen LogP contribution in [0.5, 0.6) is 17.2 Å². The summed E-state index contributed by atoms with van der Waals surface area (Å²) in [6, 6.07) is 10.0. The Labute approximate surface area is 161 Å². The number of Topliss-reactive ketones (excluding diaryl/α,β-unsaturated/α-hetero) is 1. The van der Waals surface area contributed by atoms with E-state index in [-0.39, 0.29) is 23.7 Å². The Balaban J connectivity index is 2.11. The number of methoxy groups -OCH3 is 1. The highest BCUT2D eigenvalue weighted by molar-refractivity contribution is 6.01. The van der Waals surface area contributed by atoms with Crippen molar-refractivity contribution in [3.63, 3.8) is 0 Å². The molecule has 0 N–H and O–H groups in total. The topological polar surface area (TPSA) is 71.1 Å². The lowest BCUT2D eigenvalue weighted by Gasteiger charge is -2.15. The molecule has 2 aromatic carbocycles.